The molecule has 0 bridgehead atoms. The lowest BCUT2D eigenvalue weighted by Gasteiger charge is -2.30. The van der Waals surface area contributed by atoms with Crippen LogP contribution in [0.15, 0.2) is 12.3 Å². The molecule has 0 radical (unpaired) electrons. The Morgan fingerprint density at radius 1 is 1.33 bits per heavy atom. The molecule has 2 fully saturated rings. The first-order valence-electron chi connectivity index (χ1n) is 10.3. The minimum atomic E-state index is -0.766. The smallest absolute Gasteiger partial charge is 0.248 e. The summed E-state index contributed by atoms with van der Waals surface area (Å²) in [5.41, 5.74) is 0. The third kappa shape index (κ3) is 5.24. The fourth-order valence-corrected chi connectivity index (χ4v) is 4.43. The molecule has 2 unspecified atom stereocenters. The van der Waals surface area contributed by atoms with Gasteiger partial charge in [-0.15, -0.1) is 0 Å². The van der Waals surface area contributed by atoms with Crippen molar-refractivity contribution < 1.29 is 29.1 Å². The molecule has 30 heavy (non-hydrogen) atoms. The van der Waals surface area contributed by atoms with Gasteiger partial charge in [0.2, 0.25) is 18.2 Å². The molecule has 1 saturated carbocycles. The van der Waals surface area contributed by atoms with Crippen molar-refractivity contribution in [2.45, 2.75) is 51.0 Å². The van der Waals surface area contributed by atoms with Crippen LogP contribution in [-0.2, 0) is 14.4 Å². The molecule has 9 nitrogen and oxygen atoms in total. The highest BCUT2D eigenvalue weighted by atomic mass is 19.1. The number of pyridine rings is 1. The highest BCUT2D eigenvalue weighted by Crippen LogP contribution is 2.32. The van der Waals surface area contributed by atoms with Crippen LogP contribution in [0, 0.1) is 17.7 Å². The summed E-state index contributed by atoms with van der Waals surface area (Å²) in [4.78, 5) is 42.0. The molecule has 2 aliphatic rings. The van der Waals surface area contributed by atoms with Gasteiger partial charge >= 0.3 is 0 Å². The standard InChI is InChI=1S/C20H27FN4O5/c21-15-9-17(27)18(22-10-15)23-19(28)16-6-3-7-25(16)20(29)14(11-24(30)12-26)8-13-4-1-2-5-13/h9-10,12-14,16,27,30H,1-8,11H2,(H,22,23,28). The van der Waals surface area contributed by atoms with Crippen molar-refractivity contribution in [1.82, 2.24) is 14.9 Å². The number of anilines is 1. The van der Waals surface area contributed by atoms with Crippen LogP contribution in [0.4, 0.5) is 10.2 Å². The van der Waals surface area contributed by atoms with E-state index in [-0.39, 0.29) is 24.7 Å². The molecule has 1 saturated heterocycles. The number of likely N-dealkylation sites (tertiary alicyclic amines) is 1. The molecule has 0 spiro atoms. The number of hydrogen-bond donors (Lipinski definition) is 3. The second kappa shape index (κ2) is 9.84. The van der Waals surface area contributed by atoms with E-state index >= 15 is 0 Å². The Labute approximate surface area is 173 Å². The predicted molar refractivity (Wildman–Crippen MR) is 104 cm³/mol. The Balaban J connectivity index is 1.71. The van der Waals surface area contributed by atoms with Gasteiger partial charge in [-0.1, -0.05) is 25.7 Å². The van der Waals surface area contributed by atoms with Gasteiger partial charge in [0.15, 0.2) is 11.6 Å². The molecule has 10 heteroatoms. The SMILES string of the molecule is O=CN(O)CC(CC1CCCC1)C(=O)N1CCCC1C(=O)Nc1ncc(F)cc1O. The molecule has 164 valence electrons. The number of amides is 3. The summed E-state index contributed by atoms with van der Waals surface area (Å²) in [6.45, 7) is 0.261. The van der Waals surface area contributed by atoms with Crippen molar-refractivity contribution in [2.24, 2.45) is 11.8 Å². The summed E-state index contributed by atoms with van der Waals surface area (Å²) in [6.07, 6.45) is 6.98. The van der Waals surface area contributed by atoms with Crippen LogP contribution in [0.3, 0.4) is 0 Å². The summed E-state index contributed by atoms with van der Waals surface area (Å²) in [6, 6.07) is 0.0748. The summed E-state index contributed by atoms with van der Waals surface area (Å²) in [5.74, 6) is -2.46. The van der Waals surface area contributed by atoms with E-state index in [2.05, 4.69) is 10.3 Å². The number of carbonyl (C=O) groups is 3. The molecular weight excluding hydrogens is 395 g/mol. The number of halogens is 1. The van der Waals surface area contributed by atoms with Gasteiger partial charge in [0, 0.05) is 12.6 Å². The van der Waals surface area contributed by atoms with Gasteiger partial charge in [-0.05, 0) is 25.2 Å². The Morgan fingerprint density at radius 2 is 2.07 bits per heavy atom. The van der Waals surface area contributed by atoms with E-state index in [0.29, 0.717) is 36.8 Å². The van der Waals surface area contributed by atoms with Crippen molar-refractivity contribution in [1.29, 1.82) is 0 Å². The molecule has 1 aliphatic carbocycles. The number of hydrogen-bond acceptors (Lipinski definition) is 6. The molecule has 1 aliphatic heterocycles. The van der Waals surface area contributed by atoms with E-state index in [1.165, 1.54) is 4.90 Å². The van der Waals surface area contributed by atoms with Gasteiger partial charge < -0.3 is 15.3 Å². The van der Waals surface area contributed by atoms with Gasteiger partial charge in [-0.3, -0.25) is 19.6 Å². The predicted octanol–water partition coefficient (Wildman–Crippen LogP) is 1.90. The minimum absolute atomic E-state index is 0.121. The third-order valence-electron chi connectivity index (χ3n) is 5.89. The summed E-state index contributed by atoms with van der Waals surface area (Å²) in [7, 11) is 0. The highest BCUT2D eigenvalue weighted by Gasteiger charge is 2.38. The Bertz CT molecular complexity index is 786. The van der Waals surface area contributed by atoms with Gasteiger partial charge in [0.25, 0.3) is 0 Å². The molecule has 1 aromatic rings. The lowest BCUT2D eigenvalue weighted by atomic mass is 9.91. The van der Waals surface area contributed by atoms with E-state index < -0.39 is 29.4 Å². The quantitative estimate of drug-likeness (QED) is 0.334. The maximum atomic E-state index is 13.2. The summed E-state index contributed by atoms with van der Waals surface area (Å²) >= 11 is 0. The second-order valence-corrected chi connectivity index (χ2v) is 8.01. The van der Waals surface area contributed by atoms with Crippen LogP contribution in [0.1, 0.15) is 44.9 Å². The Morgan fingerprint density at radius 3 is 2.73 bits per heavy atom. The highest BCUT2D eigenvalue weighted by molar-refractivity contribution is 5.98. The first kappa shape index (κ1) is 21.9. The number of nitrogens with one attached hydrogen (secondary N) is 1. The average molecular weight is 422 g/mol. The lowest BCUT2D eigenvalue weighted by molar-refractivity contribution is -0.158. The number of carbonyl (C=O) groups excluding carboxylic acids is 3. The number of rotatable bonds is 8. The first-order valence-corrected chi connectivity index (χ1v) is 10.3. The maximum Gasteiger partial charge on any atom is 0.248 e. The van der Waals surface area contributed by atoms with E-state index in [0.717, 1.165) is 37.9 Å². The van der Waals surface area contributed by atoms with Crippen LogP contribution < -0.4 is 5.32 Å². The van der Waals surface area contributed by atoms with E-state index in [1.54, 1.807) is 0 Å². The summed E-state index contributed by atoms with van der Waals surface area (Å²) < 4.78 is 13.1. The molecule has 3 N–H and O–H groups in total. The van der Waals surface area contributed by atoms with Crippen LogP contribution in [0.5, 0.6) is 5.75 Å². The number of aromatic nitrogens is 1. The fourth-order valence-electron chi connectivity index (χ4n) is 4.43. The number of nitrogens with zero attached hydrogens (tertiary/aromatic N) is 3. The molecule has 1 aromatic heterocycles. The zero-order chi connectivity index (χ0) is 21.7. The zero-order valence-corrected chi connectivity index (χ0v) is 16.7. The van der Waals surface area contributed by atoms with Gasteiger partial charge in [0.05, 0.1) is 18.7 Å². The van der Waals surface area contributed by atoms with E-state index in [4.69, 9.17) is 0 Å². The lowest BCUT2D eigenvalue weighted by Crippen LogP contribution is -2.48. The van der Waals surface area contributed by atoms with E-state index in [1.807, 2.05) is 0 Å². The molecule has 2 atom stereocenters. The van der Waals surface area contributed by atoms with Crippen LogP contribution in [0.25, 0.3) is 0 Å². The van der Waals surface area contributed by atoms with E-state index in [9.17, 15) is 29.1 Å². The monoisotopic (exact) mass is 422 g/mol. The fraction of sp³-hybridized carbons (Fsp3) is 0.600. The maximum absolute atomic E-state index is 13.2. The van der Waals surface area contributed by atoms with Crippen LogP contribution in [-0.4, -0.2) is 62.6 Å². The van der Waals surface area contributed by atoms with Crippen molar-refractivity contribution >= 4 is 24.0 Å². The van der Waals surface area contributed by atoms with Gasteiger partial charge in [-0.2, -0.15) is 0 Å². The van der Waals surface area contributed by atoms with Gasteiger partial charge in [0.1, 0.15) is 11.9 Å². The molecule has 3 rings (SSSR count). The van der Waals surface area contributed by atoms with Crippen molar-refractivity contribution in [3.8, 4) is 5.75 Å². The largest absolute Gasteiger partial charge is 0.504 e. The Kier molecular flexibility index (Phi) is 7.20. The third-order valence-corrected chi connectivity index (χ3v) is 5.89. The number of hydroxylamine groups is 2. The molecule has 2 heterocycles. The van der Waals surface area contributed by atoms with Crippen LogP contribution >= 0.6 is 0 Å². The normalized spacial score (nSPS) is 20.2. The average Bonchev–Trinajstić information content (AvgIpc) is 3.40. The molecule has 3 amide bonds. The second-order valence-electron chi connectivity index (χ2n) is 8.01. The zero-order valence-electron chi connectivity index (χ0n) is 16.7. The molecular formula is C20H27FN4O5. The van der Waals surface area contributed by atoms with Crippen molar-refractivity contribution in [3.63, 3.8) is 0 Å². The number of aromatic hydroxyl groups is 1. The first-order chi connectivity index (χ1) is 14.4. The van der Waals surface area contributed by atoms with Crippen molar-refractivity contribution in [2.75, 3.05) is 18.4 Å². The Hall–Kier alpha value is -2.75. The molecule has 0 aromatic carbocycles. The van der Waals surface area contributed by atoms with Gasteiger partial charge in [-0.25, -0.2) is 14.4 Å². The summed E-state index contributed by atoms with van der Waals surface area (Å²) in [5, 5.41) is 22.4. The minimum Gasteiger partial charge on any atom is -0.504 e. The van der Waals surface area contributed by atoms with Crippen molar-refractivity contribution in [3.05, 3.63) is 18.1 Å². The van der Waals surface area contributed by atoms with Crippen LogP contribution in [0.2, 0.25) is 0 Å². The topological polar surface area (TPSA) is 123 Å².